The Bertz CT molecular complexity index is 704. The highest BCUT2D eigenvalue weighted by atomic mass is 35.5. The summed E-state index contributed by atoms with van der Waals surface area (Å²) in [5.41, 5.74) is 3.54. The summed E-state index contributed by atoms with van der Waals surface area (Å²) in [4.78, 5) is 12.5. The predicted octanol–water partition coefficient (Wildman–Crippen LogP) is 4.15. The molecule has 0 bridgehead atoms. The highest BCUT2D eigenvalue weighted by Crippen LogP contribution is 2.27. The molecule has 0 aliphatic carbocycles. The molecule has 21 heavy (non-hydrogen) atoms. The Morgan fingerprint density at radius 3 is 2.48 bits per heavy atom. The van der Waals surface area contributed by atoms with Crippen molar-refractivity contribution in [3.05, 3.63) is 51.8 Å². The normalized spacial score (nSPS) is 11.0. The van der Waals surface area contributed by atoms with E-state index in [1.165, 1.54) is 0 Å². The van der Waals surface area contributed by atoms with E-state index in [1.807, 2.05) is 51.1 Å². The van der Waals surface area contributed by atoms with E-state index in [2.05, 4.69) is 0 Å². The van der Waals surface area contributed by atoms with Crippen LogP contribution >= 0.6 is 11.6 Å². The van der Waals surface area contributed by atoms with Crippen LogP contribution in [0.1, 0.15) is 31.0 Å². The van der Waals surface area contributed by atoms with Crippen LogP contribution in [0.15, 0.2) is 35.1 Å². The van der Waals surface area contributed by atoms with Gasteiger partial charge in [-0.05, 0) is 56.2 Å². The number of hydrogen-bond donors (Lipinski definition) is 0. The van der Waals surface area contributed by atoms with Crippen molar-refractivity contribution in [1.82, 2.24) is 4.57 Å². The number of hydrogen-bond acceptors (Lipinski definition) is 2. The summed E-state index contributed by atoms with van der Waals surface area (Å²) in [5.74, 6) is 1.07. The topological polar surface area (TPSA) is 31.2 Å². The zero-order chi connectivity index (χ0) is 15.6. The van der Waals surface area contributed by atoms with Crippen molar-refractivity contribution in [2.75, 3.05) is 7.11 Å². The molecular weight excluding hydrogens is 286 g/mol. The molecule has 1 aromatic carbocycles. The molecule has 0 radical (unpaired) electrons. The van der Waals surface area contributed by atoms with Gasteiger partial charge in [0, 0.05) is 11.6 Å². The second-order valence-electron chi connectivity index (χ2n) is 5.33. The molecule has 0 saturated carbocycles. The Balaban J connectivity index is 2.66. The summed E-state index contributed by atoms with van der Waals surface area (Å²) in [6.45, 7) is 5.99. The third kappa shape index (κ3) is 2.98. The van der Waals surface area contributed by atoms with Crippen LogP contribution in [-0.2, 0) is 5.88 Å². The van der Waals surface area contributed by atoms with Gasteiger partial charge in [0.15, 0.2) is 0 Å². The van der Waals surface area contributed by atoms with Crippen LogP contribution in [0.3, 0.4) is 0 Å². The average Bonchev–Trinajstić information content (AvgIpc) is 2.46. The Hall–Kier alpha value is -1.74. The SMILES string of the molecule is COc1ccc(-c2ccc(CCl)c(=O)n2C(C)C)cc1C. The van der Waals surface area contributed by atoms with Crippen LogP contribution in [0.2, 0.25) is 0 Å². The molecule has 0 amide bonds. The summed E-state index contributed by atoms with van der Waals surface area (Å²) in [7, 11) is 1.65. The average molecular weight is 306 g/mol. The maximum absolute atomic E-state index is 12.5. The molecule has 0 saturated heterocycles. The van der Waals surface area contributed by atoms with Crippen LogP contribution in [-0.4, -0.2) is 11.7 Å². The maximum Gasteiger partial charge on any atom is 0.255 e. The largest absolute Gasteiger partial charge is 0.496 e. The fraction of sp³-hybridized carbons (Fsp3) is 0.353. The van der Waals surface area contributed by atoms with Crippen molar-refractivity contribution in [1.29, 1.82) is 0 Å². The molecule has 2 aromatic rings. The number of aryl methyl sites for hydroxylation is 1. The van der Waals surface area contributed by atoms with E-state index in [1.54, 1.807) is 11.7 Å². The summed E-state index contributed by atoms with van der Waals surface area (Å²) >= 11 is 5.84. The molecule has 2 rings (SSSR count). The Kier molecular flexibility index (Phi) is 4.73. The molecule has 0 aliphatic heterocycles. The maximum atomic E-state index is 12.5. The first-order valence-electron chi connectivity index (χ1n) is 6.95. The fourth-order valence-corrected chi connectivity index (χ4v) is 2.69. The molecule has 112 valence electrons. The molecule has 0 fully saturated rings. The molecule has 0 N–H and O–H groups in total. The van der Waals surface area contributed by atoms with E-state index in [0.29, 0.717) is 5.56 Å². The highest BCUT2D eigenvalue weighted by molar-refractivity contribution is 6.17. The van der Waals surface area contributed by atoms with Gasteiger partial charge in [-0.25, -0.2) is 0 Å². The third-order valence-corrected chi connectivity index (χ3v) is 3.83. The lowest BCUT2D eigenvalue weighted by Crippen LogP contribution is -2.26. The lowest BCUT2D eigenvalue weighted by Gasteiger charge is -2.18. The molecule has 0 atom stereocenters. The molecule has 3 nitrogen and oxygen atoms in total. The van der Waals surface area contributed by atoms with Crippen molar-refractivity contribution in [3.63, 3.8) is 0 Å². The lowest BCUT2D eigenvalue weighted by molar-refractivity contribution is 0.412. The zero-order valence-electron chi connectivity index (χ0n) is 12.8. The standard InChI is InChI=1S/C17H20ClNO2/c1-11(2)19-15(7-5-14(10-18)17(19)20)13-6-8-16(21-4)12(3)9-13/h5-9,11H,10H2,1-4H3. The van der Waals surface area contributed by atoms with Gasteiger partial charge in [0.25, 0.3) is 5.56 Å². The van der Waals surface area contributed by atoms with Crippen molar-refractivity contribution in [3.8, 4) is 17.0 Å². The van der Waals surface area contributed by atoms with Crippen LogP contribution in [0, 0.1) is 6.92 Å². The van der Waals surface area contributed by atoms with E-state index >= 15 is 0 Å². The molecule has 0 aliphatic rings. The van der Waals surface area contributed by atoms with Gasteiger partial charge in [0.1, 0.15) is 5.75 Å². The Labute approximate surface area is 130 Å². The summed E-state index contributed by atoms with van der Waals surface area (Å²) in [5, 5.41) is 0. The fourth-order valence-electron chi connectivity index (χ4n) is 2.48. The van der Waals surface area contributed by atoms with Gasteiger partial charge >= 0.3 is 0 Å². The van der Waals surface area contributed by atoms with Gasteiger partial charge in [-0.2, -0.15) is 0 Å². The van der Waals surface area contributed by atoms with Crippen molar-refractivity contribution in [2.24, 2.45) is 0 Å². The molecular formula is C17H20ClNO2. The predicted molar refractivity (Wildman–Crippen MR) is 87.4 cm³/mol. The van der Waals surface area contributed by atoms with Gasteiger partial charge in [-0.3, -0.25) is 4.79 Å². The van der Waals surface area contributed by atoms with E-state index < -0.39 is 0 Å². The van der Waals surface area contributed by atoms with Gasteiger partial charge in [-0.15, -0.1) is 11.6 Å². The van der Waals surface area contributed by atoms with Crippen LogP contribution in [0.5, 0.6) is 5.75 Å². The van der Waals surface area contributed by atoms with Gasteiger partial charge in [-0.1, -0.05) is 6.07 Å². The van der Waals surface area contributed by atoms with Crippen molar-refractivity contribution < 1.29 is 4.74 Å². The van der Waals surface area contributed by atoms with Gasteiger partial charge < -0.3 is 9.30 Å². The lowest BCUT2D eigenvalue weighted by atomic mass is 10.1. The number of aromatic nitrogens is 1. The van der Waals surface area contributed by atoms with E-state index in [0.717, 1.165) is 22.6 Å². The minimum Gasteiger partial charge on any atom is -0.496 e. The number of ether oxygens (including phenoxy) is 1. The van der Waals surface area contributed by atoms with Crippen LogP contribution in [0.4, 0.5) is 0 Å². The third-order valence-electron chi connectivity index (χ3n) is 3.55. The molecule has 1 aromatic heterocycles. The first-order valence-corrected chi connectivity index (χ1v) is 7.48. The van der Waals surface area contributed by atoms with Crippen LogP contribution in [0.25, 0.3) is 11.3 Å². The van der Waals surface area contributed by atoms with Gasteiger partial charge in [0.05, 0.1) is 18.7 Å². The van der Waals surface area contributed by atoms with E-state index in [4.69, 9.17) is 16.3 Å². The van der Waals surface area contributed by atoms with E-state index in [-0.39, 0.29) is 17.5 Å². The summed E-state index contributed by atoms with van der Waals surface area (Å²) in [6.07, 6.45) is 0. The zero-order valence-corrected chi connectivity index (χ0v) is 13.6. The monoisotopic (exact) mass is 305 g/mol. The second-order valence-corrected chi connectivity index (χ2v) is 5.60. The van der Waals surface area contributed by atoms with Crippen molar-refractivity contribution in [2.45, 2.75) is 32.7 Å². The molecule has 0 unspecified atom stereocenters. The molecule has 1 heterocycles. The number of benzene rings is 1. The Morgan fingerprint density at radius 2 is 1.95 bits per heavy atom. The quantitative estimate of drug-likeness (QED) is 0.795. The van der Waals surface area contributed by atoms with E-state index in [9.17, 15) is 4.79 Å². The summed E-state index contributed by atoms with van der Waals surface area (Å²) < 4.78 is 7.08. The number of methoxy groups -OCH3 is 1. The number of pyridine rings is 1. The molecule has 4 heteroatoms. The number of nitrogens with zero attached hydrogens (tertiary/aromatic N) is 1. The highest BCUT2D eigenvalue weighted by Gasteiger charge is 2.13. The molecule has 0 spiro atoms. The number of alkyl halides is 1. The Morgan fingerprint density at radius 1 is 1.24 bits per heavy atom. The minimum atomic E-state index is -0.0222. The minimum absolute atomic E-state index is 0.0222. The first-order chi connectivity index (χ1) is 9.99. The van der Waals surface area contributed by atoms with Gasteiger partial charge in [0.2, 0.25) is 0 Å². The smallest absolute Gasteiger partial charge is 0.255 e. The summed E-state index contributed by atoms with van der Waals surface area (Å²) in [6, 6.07) is 9.77. The number of rotatable bonds is 4. The first kappa shape index (κ1) is 15.6. The van der Waals surface area contributed by atoms with Crippen molar-refractivity contribution >= 4 is 11.6 Å². The number of halogens is 1. The second kappa shape index (κ2) is 6.35. The van der Waals surface area contributed by atoms with Crippen LogP contribution < -0.4 is 10.3 Å².